The molecule has 1 atom stereocenters. The number of nitrogens with one attached hydrogen (secondary N) is 3. The topological polar surface area (TPSA) is 139 Å². The number of anilines is 1. The average Bonchev–Trinajstić information content (AvgIpc) is 3.46. The molecule has 3 aromatic rings. The van der Waals surface area contributed by atoms with Gasteiger partial charge in [0, 0.05) is 42.5 Å². The molecule has 2 aliphatic heterocycles. The van der Waals surface area contributed by atoms with Crippen molar-refractivity contribution in [3.63, 3.8) is 0 Å². The lowest BCUT2D eigenvalue weighted by atomic mass is 10.0. The summed E-state index contributed by atoms with van der Waals surface area (Å²) in [7, 11) is 0. The summed E-state index contributed by atoms with van der Waals surface area (Å²) in [6, 6.07) is 11.6. The van der Waals surface area contributed by atoms with Crippen LogP contribution in [0.15, 0.2) is 60.8 Å². The van der Waals surface area contributed by atoms with Gasteiger partial charge in [0.1, 0.15) is 11.6 Å². The molecule has 2 aromatic carbocycles. The Morgan fingerprint density at radius 1 is 1.10 bits per heavy atom. The molecule has 5 amide bonds. The first-order valence-electron chi connectivity index (χ1n) is 13.7. The van der Waals surface area contributed by atoms with E-state index < -0.39 is 29.6 Å². The van der Waals surface area contributed by atoms with Crippen molar-refractivity contribution in [1.29, 1.82) is 0 Å². The van der Waals surface area contributed by atoms with Crippen LogP contribution in [-0.4, -0.2) is 50.8 Å². The van der Waals surface area contributed by atoms with Crippen molar-refractivity contribution in [1.82, 2.24) is 20.1 Å². The van der Waals surface area contributed by atoms with Crippen molar-refractivity contribution in [2.24, 2.45) is 0 Å². The Morgan fingerprint density at radius 2 is 1.88 bits per heavy atom. The minimum absolute atomic E-state index is 0.195. The average molecular weight is 572 g/mol. The maximum absolute atomic E-state index is 12.9. The number of hydrogen-bond donors (Lipinski definition) is 3. The van der Waals surface area contributed by atoms with Gasteiger partial charge in [0.05, 0.1) is 12.1 Å². The Balaban J connectivity index is 1.19. The zero-order valence-corrected chi connectivity index (χ0v) is 23.8. The first-order valence-corrected chi connectivity index (χ1v) is 13.7. The number of ether oxygens (including phenoxy) is 1. The third-order valence-corrected chi connectivity index (χ3v) is 7.12. The van der Waals surface area contributed by atoms with Gasteiger partial charge >= 0.3 is 12.0 Å². The fraction of sp³-hybridized carbons (Fsp3) is 0.323. The maximum atomic E-state index is 12.9. The number of aromatic nitrogens is 1. The second-order valence-corrected chi connectivity index (χ2v) is 11.5. The number of piperidine rings is 1. The number of rotatable bonds is 7. The summed E-state index contributed by atoms with van der Waals surface area (Å²) in [6.07, 6.45) is 2.35. The molecule has 1 saturated heterocycles. The zero-order valence-electron chi connectivity index (χ0n) is 23.8. The summed E-state index contributed by atoms with van der Waals surface area (Å²) in [5.41, 5.74) is 3.17. The quantitative estimate of drug-likeness (QED) is 0.225. The maximum Gasteiger partial charge on any atom is 0.335 e. The standard InChI is InChI=1S/C31H33N5O6/c1-18(29(40)42-31(2,3)4)16-35-12-11-20-6-7-22(14-25(20)35)33-30(41)32-15-19-5-8-23-21(13-19)17-36(28(23)39)24-9-10-26(37)34-27(24)38/h5-8,11-14,24H,1,9-10,15-17H2,2-4H3,(H2,32,33,41)(H,34,37,38). The number of carbonyl (C=O) groups excluding carboxylic acids is 5. The summed E-state index contributed by atoms with van der Waals surface area (Å²) in [4.78, 5) is 63.2. The highest BCUT2D eigenvalue weighted by molar-refractivity contribution is 6.05. The van der Waals surface area contributed by atoms with E-state index in [9.17, 15) is 24.0 Å². The van der Waals surface area contributed by atoms with Crippen molar-refractivity contribution < 1.29 is 28.7 Å². The van der Waals surface area contributed by atoms with E-state index in [-0.39, 0.29) is 37.9 Å². The van der Waals surface area contributed by atoms with Crippen LogP contribution < -0.4 is 16.0 Å². The number of imide groups is 1. The number of carbonyl (C=O) groups is 5. The molecule has 3 N–H and O–H groups in total. The van der Waals surface area contributed by atoms with Crippen LogP contribution >= 0.6 is 0 Å². The Morgan fingerprint density at radius 3 is 2.62 bits per heavy atom. The first kappa shape index (κ1) is 28.6. The smallest absolute Gasteiger partial charge is 0.335 e. The zero-order chi connectivity index (χ0) is 30.2. The van der Waals surface area contributed by atoms with E-state index in [0.717, 1.165) is 22.0 Å². The molecule has 42 heavy (non-hydrogen) atoms. The molecule has 0 radical (unpaired) electrons. The van der Waals surface area contributed by atoms with E-state index in [4.69, 9.17) is 4.74 Å². The summed E-state index contributed by atoms with van der Waals surface area (Å²) in [6.45, 7) is 10.0. The summed E-state index contributed by atoms with van der Waals surface area (Å²) >= 11 is 0. The van der Waals surface area contributed by atoms with Crippen LogP contribution in [0.5, 0.6) is 0 Å². The van der Waals surface area contributed by atoms with Crippen molar-refractivity contribution in [3.05, 3.63) is 77.5 Å². The van der Waals surface area contributed by atoms with Crippen LogP contribution in [0.25, 0.3) is 10.9 Å². The van der Waals surface area contributed by atoms with Gasteiger partial charge in [0.2, 0.25) is 11.8 Å². The summed E-state index contributed by atoms with van der Waals surface area (Å²) in [5, 5.41) is 8.90. The first-order chi connectivity index (χ1) is 19.9. The largest absolute Gasteiger partial charge is 0.457 e. The predicted molar refractivity (Wildman–Crippen MR) is 155 cm³/mol. The molecule has 1 unspecified atom stereocenters. The third-order valence-electron chi connectivity index (χ3n) is 7.12. The fourth-order valence-corrected chi connectivity index (χ4v) is 5.12. The number of hydrogen-bond acceptors (Lipinski definition) is 6. The van der Waals surface area contributed by atoms with E-state index in [2.05, 4.69) is 22.5 Å². The lowest BCUT2D eigenvalue weighted by Crippen LogP contribution is -2.52. The van der Waals surface area contributed by atoms with E-state index in [1.54, 1.807) is 39.0 Å². The van der Waals surface area contributed by atoms with Gasteiger partial charge in [0.15, 0.2) is 0 Å². The second-order valence-electron chi connectivity index (χ2n) is 11.5. The molecule has 0 bridgehead atoms. The minimum atomic E-state index is -0.677. The SMILES string of the molecule is C=C(Cn1ccc2ccc(NC(=O)NCc3ccc4c(c3)CN(C3CCC(=O)NC3=O)C4=O)cc21)C(=O)OC(C)(C)C. The molecule has 0 aliphatic carbocycles. The normalized spacial score (nSPS) is 16.7. The number of nitrogens with zero attached hydrogens (tertiary/aromatic N) is 2. The van der Waals surface area contributed by atoms with E-state index in [0.29, 0.717) is 23.2 Å². The Hall–Kier alpha value is -4.93. The molecule has 1 aromatic heterocycles. The highest BCUT2D eigenvalue weighted by Gasteiger charge is 2.39. The van der Waals surface area contributed by atoms with Gasteiger partial charge in [-0.05, 0) is 68.0 Å². The number of fused-ring (bicyclic) bond motifs is 2. The van der Waals surface area contributed by atoms with Crippen LogP contribution in [-0.2, 0) is 38.8 Å². The summed E-state index contributed by atoms with van der Waals surface area (Å²) < 4.78 is 7.28. The number of amides is 5. The molecule has 3 heterocycles. The van der Waals surface area contributed by atoms with E-state index in [1.807, 2.05) is 35.0 Å². The van der Waals surface area contributed by atoms with Gasteiger partial charge in [-0.25, -0.2) is 9.59 Å². The van der Waals surface area contributed by atoms with Crippen molar-refractivity contribution in [3.8, 4) is 0 Å². The molecule has 2 aliphatic rings. The van der Waals surface area contributed by atoms with Crippen LogP contribution in [0.4, 0.5) is 10.5 Å². The van der Waals surface area contributed by atoms with Gasteiger partial charge in [-0.2, -0.15) is 0 Å². The van der Waals surface area contributed by atoms with Crippen LogP contribution in [0.3, 0.4) is 0 Å². The molecule has 11 nitrogen and oxygen atoms in total. The molecule has 0 saturated carbocycles. The van der Waals surface area contributed by atoms with Crippen LogP contribution in [0.2, 0.25) is 0 Å². The fourth-order valence-electron chi connectivity index (χ4n) is 5.12. The molecular formula is C31H33N5O6. The highest BCUT2D eigenvalue weighted by atomic mass is 16.6. The van der Waals surface area contributed by atoms with Crippen LogP contribution in [0, 0.1) is 0 Å². The lowest BCUT2D eigenvalue weighted by molar-refractivity contribution is -0.150. The second kappa shape index (κ2) is 11.2. The number of urea groups is 1. The van der Waals surface area contributed by atoms with Gasteiger partial charge in [-0.3, -0.25) is 19.7 Å². The van der Waals surface area contributed by atoms with Gasteiger partial charge < -0.3 is 24.8 Å². The molecule has 218 valence electrons. The lowest BCUT2D eigenvalue weighted by Gasteiger charge is -2.29. The Bertz CT molecular complexity index is 1630. The third kappa shape index (κ3) is 6.19. The minimum Gasteiger partial charge on any atom is -0.457 e. The van der Waals surface area contributed by atoms with Crippen LogP contribution in [0.1, 0.15) is 55.1 Å². The van der Waals surface area contributed by atoms with Crippen molar-refractivity contribution in [2.45, 2.75) is 64.9 Å². The molecule has 1 fully saturated rings. The van der Waals surface area contributed by atoms with Crippen molar-refractivity contribution >= 4 is 46.3 Å². The van der Waals surface area contributed by atoms with Gasteiger partial charge in [-0.15, -0.1) is 0 Å². The Labute approximate surface area is 242 Å². The van der Waals surface area contributed by atoms with Gasteiger partial charge in [0.25, 0.3) is 5.91 Å². The number of benzene rings is 2. The molecule has 5 rings (SSSR count). The Kier molecular flexibility index (Phi) is 7.59. The van der Waals surface area contributed by atoms with E-state index >= 15 is 0 Å². The summed E-state index contributed by atoms with van der Waals surface area (Å²) in [5.74, 6) is -1.49. The molecule has 11 heteroatoms. The molecular weight excluding hydrogens is 538 g/mol. The molecule has 0 spiro atoms. The highest BCUT2D eigenvalue weighted by Crippen LogP contribution is 2.28. The number of esters is 1. The van der Waals surface area contributed by atoms with Crippen molar-refractivity contribution in [2.75, 3.05) is 5.32 Å². The van der Waals surface area contributed by atoms with Gasteiger partial charge in [-0.1, -0.05) is 24.8 Å². The monoisotopic (exact) mass is 571 g/mol. The predicted octanol–water partition coefficient (Wildman–Crippen LogP) is 3.62. The van der Waals surface area contributed by atoms with E-state index in [1.165, 1.54) is 4.90 Å².